The van der Waals surface area contributed by atoms with Gasteiger partial charge < -0.3 is 27.5 Å². The van der Waals surface area contributed by atoms with Gasteiger partial charge in [0.25, 0.3) is 0 Å². The third kappa shape index (κ3) is 11.4. The van der Waals surface area contributed by atoms with Gasteiger partial charge in [-0.25, -0.2) is 9.59 Å². The van der Waals surface area contributed by atoms with Crippen LogP contribution in [0.15, 0.2) is 48.2 Å². The van der Waals surface area contributed by atoms with E-state index in [0.29, 0.717) is 34.1 Å². The fraction of sp³-hybridized carbons (Fsp3) is 0.379. The Morgan fingerprint density at radius 3 is 1.73 bits per heavy atom. The minimum absolute atomic E-state index is 0.0105. The molecule has 0 aliphatic rings. The number of benzene rings is 2. The van der Waals surface area contributed by atoms with E-state index in [-0.39, 0.29) is 5.76 Å². The van der Waals surface area contributed by atoms with Gasteiger partial charge in [0.15, 0.2) is 17.2 Å². The summed E-state index contributed by atoms with van der Waals surface area (Å²) in [5, 5.41) is 0. The van der Waals surface area contributed by atoms with E-state index in [1.807, 2.05) is 51.4 Å². The minimum atomic E-state index is -2.23. The van der Waals surface area contributed by atoms with Gasteiger partial charge >= 0.3 is 11.9 Å². The zero-order chi connectivity index (χ0) is 30.3. The molecule has 11 heteroatoms. The molecule has 0 heterocycles. The summed E-state index contributed by atoms with van der Waals surface area (Å²) in [5.41, 5.74) is 1.37. The highest BCUT2D eigenvalue weighted by Crippen LogP contribution is 2.33. The Bertz CT molecular complexity index is 1270. The van der Waals surface area contributed by atoms with Gasteiger partial charge in [0.05, 0.1) is 14.2 Å². The van der Waals surface area contributed by atoms with Crippen LogP contribution >= 0.6 is 0 Å². The van der Waals surface area contributed by atoms with Crippen LogP contribution in [-0.2, 0) is 18.4 Å². The first-order valence-corrected chi connectivity index (χ1v) is 23.2. The lowest BCUT2D eigenvalue weighted by Crippen LogP contribution is -2.31. The second kappa shape index (κ2) is 13.4. The lowest BCUT2D eigenvalue weighted by Gasteiger charge is -2.21. The third-order valence-corrected chi connectivity index (χ3v) is 7.17. The summed E-state index contributed by atoms with van der Waals surface area (Å²) in [7, 11) is -3.01. The van der Waals surface area contributed by atoms with E-state index in [9.17, 15) is 9.59 Å². The normalized spacial score (nSPS) is 12.6. The van der Waals surface area contributed by atoms with Crippen LogP contribution in [0.25, 0.3) is 12.2 Å². The summed E-state index contributed by atoms with van der Waals surface area (Å²) in [5.74, 6) is 0.900. The Kier molecular flexibility index (Phi) is 11.0. The summed E-state index contributed by atoms with van der Waals surface area (Å²) in [6.07, 6.45) is 4.62. The van der Waals surface area contributed by atoms with Crippen LogP contribution in [0.5, 0.6) is 23.0 Å². The van der Waals surface area contributed by atoms with E-state index in [1.165, 1.54) is 13.2 Å². The number of ether oxygens (including phenoxy) is 3. The van der Waals surface area contributed by atoms with E-state index in [0.717, 1.165) is 0 Å². The van der Waals surface area contributed by atoms with Crippen molar-refractivity contribution in [3.05, 3.63) is 59.4 Å². The molecule has 0 saturated heterocycles. The van der Waals surface area contributed by atoms with Gasteiger partial charge in [-0.05, 0) is 106 Å². The van der Waals surface area contributed by atoms with Gasteiger partial charge in [-0.2, -0.15) is 0 Å². The summed E-state index contributed by atoms with van der Waals surface area (Å²) in [6.45, 7) is 17.9. The van der Waals surface area contributed by atoms with E-state index in [1.54, 1.807) is 43.5 Å². The standard InChI is InChI=1S/C29H42O8Si3/c1-32-25-18-21(14-17-28(30)36-39(6,7)8)12-15-23(25)34-27(29(31)37-40(9,10)11)20-22-13-16-24(26(19-22)33-2)35-38(3,4)5/h12-20H,1-11H3/b17-14+,27-20-. The Balaban J connectivity index is 2.44. The van der Waals surface area contributed by atoms with Crippen LogP contribution < -0.4 is 18.6 Å². The number of carbonyl (C=O) groups excluding carboxylic acids is 2. The summed E-state index contributed by atoms with van der Waals surface area (Å²) in [6, 6.07) is 10.6. The molecule has 0 aliphatic heterocycles. The van der Waals surface area contributed by atoms with Crippen LogP contribution in [-0.4, -0.2) is 51.1 Å². The molecule has 0 spiro atoms. The monoisotopic (exact) mass is 602 g/mol. The molecule has 0 bridgehead atoms. The molecule has 8 nitrogen and oxygen atoms in total. The number of hydrogen-bond donors (Lipinski definition) is 0. The molecule has 0 aromatic heterocycles. The molecule has 2 aromatic rings. The molecule has 0 amide bonds. The van der Waals surface area contributed by atoms with Crippen molar-refractivity contribution in [1.29, 1.82) is 0 Å². The SMILES string of the molecule is COc1cc(/C=C/C(=O)O[Si](C)(C)C)ccc1O/C(=C\c1ccc(O[Si](C)(C)C)c(OC)c1)C(=O)O[Si](C)(C)C. The minimum Gasteiger partial charge on any atom is -0.542 e. The van der Waals surface area contributed by atoms with Crippen molar-refractivity contribution < 1.29 is 37.1 Å². The van der Waals surface area contributed by atoms with E-state index >= 15 is 0 Å². The Morgan fingerprint density at radius 2 is 1.18 bits per heavy atom. The maximum absolute atomic E-state index is 13.2. The second-order valence-electron chi connectivity index (χ2n) is 12.0. The lowest BCUT2D eigenvalue weighted by atomic mass is 10.1. The molecule has 0 saturated carbocycles. The van der Waals surface area contributed by atoms with Crippen LogP contribution in [0.4, 0.5) is 0 Å². The average molecular weight is 603 g/mol. The second-order valence-corrected chi connectivity index (χ2v) is 25.3. The smallest absolute Gasteiger partial charge is 0.360 e. The van der Waals surface area contributed by atoms with Crippen LogP contribution in [0, 0.1) is 0 Å². The Labute approximate surface area is 241 Å². The van der Waals surface area contributed by atoms with Crippen LogP contribution in [0.1, 0.15) is 11.1 Å². The quantitative estimate of drug-likeness (QED) is 0.144. The third-order valence-electron chi connectivity index (χ3n) is 4.73. The number of rotatable bonds is 12. The van der Waals surface area contributed by atoms with Gasteiger partial charge in [0.2, 0.25) is 30.7 Å². The maximum Gasteiger partial charge on any atom is 0.360 e. The van der Waals surface area contributed by atoms with E-state index in [2.05, 4.69) is 19.6 Å². The predicted octanol–water partition coefficient (Wildman–Crippen LogP) is 7.11. The zero-order valence-corrected chi connectivity index (χ0v) is 28.5. The number of hydrogen-bond acceptors (Lipinski definition) is 8. The number of carbonyl (C=O) groups is 2. The molecule has 218 valence electrons. The molecule has 2 aromatic carbocycles. The summed E-state index contributed by atoms with van der Waals surface area (Å²) < 4.78 is 34.5. The first-order chi connectivity index (χ1) is 18.4. The van der Waals surface area contributed by atoms with Gasteiger partial charge in [-0.3, -0.25) is 0 Å². The van der Waals surface area contributed by atoms with Gasteiger partial charge in [0.1, 0.15) is 5.75 Å². The molecule has 0 aliphatic carbocycles. The molecule has 0 unspecified atom stereocenters. The molecule has 0 fully saturated rings. The van der Waals surface area contributed by atoms with Crippen molar-refractivity contribution in [1.82, 2.24) is 0 Å². The molecular weight excluding hydrogens is 561 g/mol. The van der Waals surface area contributed by atoms with Crippen molar-refractivity contribution >= 4 is 49.0 Å². The van der Waals surface area contributed by atoms with Gasteiger partial charge in [-0.1, -0.05) is 12.1 Å². The van der Waals surface area contributed by atoms with Crippen LogP contribution in [0.3, 0.4) is 0 Å². The molecule has 0 atom stereocenters. The largest absolute Gasteiger partial charge is 0.542 e. The Morgan fingerprint density at radius 1 is 0.650 bits per heavy atom. The topological polar surface area (TPSA) is 89.5 Å². The van der Waals surface area contributed by atoms with Gasteiger partial charge in [0, 0.05) is 6.08 Å². The maximum atomic E-state index is 13.2. The molecule has 2 rings (SSSR count). The average Bonchev–Trinajstić information content (AvgIpc) is 2.80. The first kappa shape index (κ1) is 32.9. The highest BCUT2D eigenvalue weighted by Gasteiger charge is 2.25. The van der Waals surface area contributed by atoms with E-state index in [4.69, 9.17) is 27.5 Å². The van der Waals surface area contributed by atoms with Crippen molar-refractivity contribution in [3.8, 4) is 23.0 Å². The van der Waals surface area contributed by atoms with Crippen molar-refractivity contribution in [2.45, 2.75) is 58.9 Å². The fourth-order valence-electron chi connectivity index (χ4n) is 3.29. The Hall–Kier alpha value is -3.29. The zero-order valence-electron chi connectivity index (χ0n) is 25.5. The molecule has 0 radical (unpaired) electrons. The summed E-state index contributed by atoms with van der Waals surface area (Å²) in [4.78, 5) is 25.3. The fourth-order valence-corrected chi connectivity index (χ4v) is 5.45. The van der Waals surface area contributed by atoms with Gasteiger partial charge in [-0.15, -0.1) is 0 Å². The van der Waals surface area contributed by atoms with Crippen molar-refractivity contribution in [3.63, 3.8) is 0 Å². The van der Waals surface area contributed by atoms with E-state index < -0.39 is 36.9 Å². The first-order valence-electron chi connectivity index (χ1n) is 13.0. The summed E-state index contributed by atoms with van der Waals surface area (Å²) >= 11 is 0. The molecular formula is C29H42O8Si3. The predicted molar refractivity (Wildman–Crippen MR) is 166 cm³/mol. The molecule has 40 heavy (non-hydrogen) atoms. The van der Waals surface area contributed by atoms with Crippen molar-refractivity contribution in [2.24, 2.45) is 0 Å². The number of methoxy groups -OCH3 is 2. The lowest BCUT2D eigenvalue weighted by molar-refractivity contribution is -0.133. The van der Waals surface area contributed by atoms with Crippen LogP contribution in [0.2, 0.25) is 58.9 Å². The van der Waals surface area contributed by atoms with Crippen molar-refractivity contribution in [2.75, 3.05) is 14.2 Å². The molecule has 0 N–H and O–H groups in total. The highest BCUT2D eigenvalue weighted by molar-refractivity contribution is 6.72. The highest BCUT2D eigenvalue weighted by atomic mass is 28.4.